The first-order chi connectivity index (χ1) is 3.00. The van der Waals surface area contributed by atoms with E-state index in [-0.39, 0.29) is 0 Å². The zero-order valence-electron chi connectivity index (χ0n) is 3.09. The Kier molecular flexibility index (Phi) is 0.774. The molecule has 0 radical (unpaired) electrons. The lowest BCUT2D eigenvalue weighted by Crippen LogP contribution is -2.03. The van der Waals surface area contributed by atoms with Crippen LogP contribution in [0.2, 0.25) is 0 Å². The minimum absolute atomic E-state index is 1.55. The largest absolute Gasteiger partial charge is 0.271 e. The first-order valence-corrected chi connectivity index (χ1v) is 1.60. The van der Waals surface area contributed by atoms with Crippen molar-refractivity contribution in [2.45, 2.75) is 0 Å². The van der Waals surface area contributed by atoms with Crippen molar-refractivity contribution in [3.8, 4) is 0 Å². The van der Waals surface area contributed by atoms with Crippen molar-refractivity contribution >= 4 is 6.21 Å². The maximum atomic E-state index is 4.30. The molecule has 0 aromatic carbocycles. The highest BCUT2D eigenvalue weighted by molar-refractivity contribution is 5.70. The van der Waals surface area contributed by atoms with Crippen LogP contribution in [-0.2, 0) is 4.94 Å². The van der Waals surface area contributed by atoms with E-state index >= 15 is 0 Å². The Bertz CT molecular complexity index is 74.8. The molecule has 0 bridgehead atoms. The summed E-state index contributed by atoms with van der Waals surface area (Å²) in [4.78, 5) is 4.30. The summed E-state index contributed by atoms with van der Waals surface area (Å²) in [7, 11) is 0. The normalized spacial score (nSPS) is 16.0. The van der Waals surface area contributed by atoms with Gasteiger partial charge >= 0.3 is 0 Å². The summed E-state index contributed by atoms with van der Waals surface area (Å²) in [5, 5.41) is 3.35. The minimum atomic E-state index is 1.55. The van der Waals surface area contributed by atoms with Crippen molar-refractivity contribution in [3.63, 3.8) is 0 Å². The molecule has 0 saturated carbocycles. The summed E-state index contributed by atoms with van der Waals surface area (Å²) in [6.45, 7) is 0. The Balaban J connectivity index is 2.46. The van der Waals surface area contributed by atoms with Gasteiger partial charge in [0.1, 0.15) is 0 Å². The molecule has 6 heavy (non-hydrogen) atoms. The van der Waals surface area contributed by atoms with Gasteiger partial charge in [0.05, 0.1) is 6.21 Å². The molecule has 3 nitrogen and oxygen atoms in total. The molecule has 1 heterocycles. The molecule has 3 heteroatoms. The van der Waals surface area contributed by atoms with E-state index in [9.17, 15) is 0 Å². The third-order valence-corrected chi connectivity index (χ3v) is 0.417. The van der Waals surface area contributed by atoms with Gasteiger partial charge in [0, 0.05) is 6.20 Å². The molecule has 0 amide bonds. The Hall–Kier alpha value is -0.990. The molecular weight excluding hydrogens is 80.0 g/mol. The lowest BCUT2D eigenvalue weighted by molar-refractivity contribution is 0.0769. The van der Waals surface area contributed by atoms with Crippen molar-refractivity contribution in [2.75, 3.05) is 0 Å². The van der Waals surface area contributed by atoms with E-state index in [2.05, 4.69) is 15.6 Å². The van der Waals surface area contributed by atoms with Crippen LogP contribution < -0.4 is 5.48 Å². The van der Waals surface area contributed by atoms with E-state index < -0.39 is 0 Å². The zero-order chi connectivity index (χ0) is 4.24. The van der Waals surface area contributed by atoms with Gasteiger partial charge in [-0.3, -0.25) is 4.94 Å². The van der Waals surface area contributed by atoms with E-state index in [0.717, 1.165) is 0 Å². The molecule has 1 aliphatic heterocycles. The molecular formula is C3H4N2O. The summed E-state index contributed by atoms with van der Waals surface area (Å²) in [5.41, 5.74) is 2.41. The number of hydrogen-bond donors (Lipinski definition) is 1. The second kappa shape index (κ2) is 1.45. The van der Waals surface area contributed by atoms with Crippen molar-refractivity contribution in [2.24, 2.45) is 5.16 Å². The average molecular weight is 84.1 g/mol. The number of rotatable bonds is 0. The topological polar surface area (TPSA) is 33.6 Å². The van der Waals surface area contributed by atoms with E-state index in [1.54, 1.807) is 18.5 Å². The van der Waals surface area contributed by atoms with Crippen molar-refractivity contribution in [3.05, 3.63) is 12.3 Å². The smallest absolute Gasteiger partial charge is 0.0710 e. The SMILES string of the molecule is C1=CNON=C1. The molecule has 0 aromatic heterocycles. The van der Waals surface area contributed by atoms with E-state index in [1.807, 2.05) is 0 Å². The second-order valence-corrected chi connectivity index (χ2v) is 0.823. The lowest BCUT2D eigenvalue weighted by atomic mass is 10.7. The summed E-state index contributed by atoms with van der Waals surface area (Å²) in [6, 6.07) is 0. The van der Waals surface area contributed by atoms with E-state index in [1.165, 1.54) is 0 Å². The van der Waals surface area contributed by atoms with E-state index in [4.69, 9.17) is 0 Å². The number of oxime groups is 1. The van der Waals surface area contributed by atoms with Crippen molar-refractivity contribution in [1.82, 2.24) is 5.48 Å². The molecule has 0 atom stereocenters. The van der Waals surface area contributed by atoms with Gasteiger partial charge < -0.3 is 0 Å². The monoisotopic (exact) mass is 84.0 g/mol. The van der Waals surface area contributed by atoms with Crippen LogP contribution in [0.1, 0.15) is 0 Å². The summed E-state index contributed by atoms with van der Waals surface area (Å²) < 4.78 is 0. The maximum absolute atomic E-state index is 4.30. The quantitative estimate of drug-likeness (QED) is 0.449. The standard InChI is InChI=1S/C3H4N2O/c1-2-4-6-5-3-1/h1-4H. The molecule has 0 aromatic rings. The first-order valence-electron chi connectivity index (χ1n) is 1.60. The minimum Gasteiger partial charge on any atom is -0.271 e. The molecule has 0 spiro atoms. The fourth-order valence-electron chi connectivity index (χ4n) is 0.209. The molecule has 1 N–H and O–H groups in total. The lowest BCUT2D eigenvalue weighted by Gasteiger charge is -1.94. The third kappa shape index (κ3) is 0.484. The third-order valence-electron chi connectivity index (χ3n) is 0.417. The highest BCUT2D eigenvalue weighted by Gasteiger charge is 1.73. The number of nitrogens with one attached hydrogen (secondary N) is 1. The van der Waals surface area contributed by atoms with Gasteiger partial charge in [0.15, 0.2) is 0 Å². The van der Waals surface area contributed by atoms with Crippen LogP contribution in [-0.4, -0.2) is 6.21 Å². The highest BCUT2D eigenvalue weighted by atomic mass is 16.8. The Morgan fingerprint density at radius 1 is 1.67 bits per heavy atom. The number of hydroxylamine groups is 1. The molecule has 32 valence electrons. The predicted octanol–water partition coefficient (Wildman–Crippen LogP) is 0.0207. The van der Waals surface area contributed by atoms with Gasteiger partial charge in [-0.25, -0.2) is 5.48 Å². The summed E-state index contributed by atoms with van der Waals surface area (Å²) in [6.07, 6.45) is 4.94. The van der Waals surface area contributed by atoms with Gasteiger partial charge in [-0.2, -0.15) is 0 Å². The summed E-state index contributed by atoms with van der Waals surface area (Å²) >= 11 is 0. The molecule has 0 unspecified atom stereocenters. The number of allylic oxidation sites excluding steroid dienone is 1. The van der Waals surface area contributed by atoms with Crippen LogP contribution in [0.4, 0.5) is 0 Å². The van der Waals surface area contributed by atoms with Crippen LogP contribution in [0.5, 0.6) is 0 Å². The molecule has 0 fully saturated rings. The summed E-state index contributed by atoms with van der Waals surface area (Å²) in [5.74, 6) is 0. The van der Waals surface area contributed by atoms with E-state index in [0.29, 0.717) is 0 Å². The van der Waals surface area contributed by atoms with Gasteiger partial charge in [0.2, 0.25) is 0 Å². The Labute approximate surface area is 35.2 Å². The fraction of sp³-hybridized carbons (Fsp3) is 0. The number of hydrogen-bond acceptors (Lipinski definition) is 3. The molecule has 0 aliphatic carbocycles. The zero-order valence-corrected chi connectivity index (χ0v) is 3.09. The second-order valence-electron chi connectivity index (χ2n) is 0.823. The highest BCUT2D eigenvalue weighted by Crippen LogP contribution is 1.74. The Morgan fingerprint density at radius 3 is 2.83 bits per heavy atom. The van der Waals surface area contributed by atoms with Gasteiger partial charge in [-0.05, 0) is 6.08 Å². The first kappa shape index (κ1) is 3.21. The van der Waals surface area contributed by atoms with Crippen LogP contribution >= 0.6 is 0 Å². The van der Waals surface area contributed by atoms with Crippen LogP contribution in [0, 0.1) is 0 Å². The van der Waals surface area contributed by atoms with Gasteiger partial charge in [-0.1, -0.05) is 5.16 Å². The predicted molar refractivity (Wildman–Crippen MR) is 21.9 cm³/mol. The van der Waals surface area contributed by atoms with Crippen molar-refractivity contribution < 1.29 is 4.94 Å². The van der Waals surface area contributed by atoms with Crippen molar-refractivity contribution in [1.29, 1.82) is 0 Å². The molecule has 1 aliphatic rings. The Morgan fingerprint density at radius 2 is 2.67 bits per heavy atom. The molecule has 0 saturated heterocycles. The maximum Gasteiger partial charge on any atom is 0.0710 e. The van der Waals surface area contributed by atoms with Gasteiger partial charge in [0.25, 0.3) is 0 Å². The van der Waals surface area contributed by atoms with Crippen LogP contribution in [0.3, 0.4) is 0 Å². The van der Waals surface area contributed by atoms with Crippen LogP contribution in [0.25, 0.3) is 0 Å². The number of nitrogens with zero attached hydrogens (tertiary/aromatic N) is 1. The van der Waals surface area contributed by atoms with Gasteiger partial charge in [-0.15, -0.1) is 0 Å². The average Bonchev–Trinajstić information content (AvgIpc) is 1.72. The van der Waals surface area contributed by atoms with Crippen LogP contribution in [0.15, 0.2) is 17.4 Å². The fourth-order valence-corrected chi connectivity index (χ4v) is 0.209. The molecule has 1 rings (SSSR count).